The van der Waals surface area contributed by atoms with E-state index in [2.05, 4.69) is 32.6 Å². The molecule has 2 aromatic heterocycles. The Morgan fingerprint density at radius 2 is 2.11 bits per heavy atom. The van der Waals surface area contributed by atoms with Crippen molar-refractivity contribution in [3.8, 4) is 5.75 Å². The molecule has 0 saturated heterocycles. The molecule has 0 amide bonds. The summed E-state index contributed by atoms with van der Waals surface area (Å²) in [5.74, 6) is 1.69. The molecule has 90 valence electrons. The molecule has 1 aromatic carbocycles. The molecule has 0 radical (unpaired) electrons. The molecule has 3 rings (SSSR count). The van der Waals surface area contributed by atoms with Crippen molar-refractivity contribution in [3.05, 3.63) is 58.2 Å². The maximum atomic E-state index is 5.70. The van der Waals surface area contributed by atoms with E-state index in [9.17, 15) is 0 Å². The number of hydrogen-bond acceptors (Lipinski definition) is 2. The highest BCUT2D eigenvalue weighted by Crippen LogP contribution is 2.14. The molecular weight excluding hydrogens is 341 g/mol. The van der Waals surface area contributed by atoms with E-state index in [1.54, 1.807) is 6.20 Å². The number of nitrogens with one attached hydrogen (secondary N) is 1. The lowest BCUT2D eigenvalue weighted by molar-refractivity contribution is -0.513. The van der Waals surface area contributed by atoms with Crippen LogP contribution in [0.2, 0.25) is 0 Å². The van der Waals surface area contributed by atoms with Crippen LogP contribution in [0.4, 0.5) is 0 Å². The van der Waals surface area contributed by atoms with Crippen LogP contribution in [0.5, 0.6) is 5.75 Å². The number of imidazole rings is 1. The second-order valence-electron chi connectivity index (χ2n) is 3.87. The quantitative estimate of drug-likeness (QED) is 0.581. The molecule has 0 atom stereocenters. The Morgan fingerprint density at radius 1 is 1.28 bits per heavy atom. The van der Waals surface area contributed by atoms with E-state index in [0.717, 1.165) is 17.2 Å². The van der Waals surface area contributed by atoms with Gasteiger partial charge in [0.05, 0.1) is 6.20 Å². The summed E-state index contributed by atoms with van der Waals surface area (Å²) in [4.78, 5) is 7.42. The lowest BCUT2D eigenvalue weighted by Crippen LogP contribution is -2.17. The second kappa shape index (κ2) is 4.93. The van der Waals surface area contributed by atoms with Gasteiger partial charge < -0.3 is 4.74 Å². The molecule has 3 aromatic rings. The molecule has 0 aliphatic heterocycles. The zero-order chi connectivity index (χ0) is 12.4. The maximum absolute atomic E-state index is 5.70. The van der Waals surface area contributed by atoms with Crippen molar-refractivity contribution in [1.82, 2.24) is 9.97 Å². The van der Waals surface area contributed by atoms with E-state index in [-0.39, 0.29) is 0 Å². The zero-order valence-corrected chi connectivity index (χ0v) is 11.7. The fraction of sp³-hybridized carbons (Fsp3) is 0.0769. The summed E-state index contributed by atoms with van der Waals surface area (Å²) >= 11 is 2.27. The van der Waals surface area contributed by atoms with Gasteiger partial charge in [-0.2, -0.15) is 0 Å². The van der Waals surface area contributed by atoms with Crippen molar-refractivity contribution in [2.45, 2.75) is 6.61 Å². The average molecular weight is 352 g/mol. The Balaban J connectivity index is 1.74. The van der Waals surface area contributed by atoms with Crippen LogP contribution in [0.15, 0.2) is 48.9 Å². The fourth-order valence-corrected chi connectivity index (χ4v) is 2.05. The first-order valence-corrected chi connectivity index (χ1v) is 6.61. The molecule has 5 heteroatoms. The molecule has 2 heterocycles. The monoisotopic (exact) mass is 352 g/mol. The SMILES string of the molecule is Ic1ccc(OCc2c[n+]3cccnc3[nH]2)cc1. The highest BCUT2D eigenvalue weighted by Gasteiger charge is 2.08. The summed E-state index contributed by atoms with van der Waals surface area (Å²) in [7, 11) is 0. The first kappa shape index (κ1) is 11.5. The van der Waals surface area contributed by atoms with Crippen molar-refractivity contribution >= 4 is 28.4 Å². The van der Waals surface area contributed by atoms with Gasteiger partial charge in [-0.15, -0.1) is 0 Å². The Hall–Kier alpha value is -1.63. The van der Waals surface area contributed by atoms with Crippen LogP contribution in [-0.4, -0.2) is 9.97 Å². The van der Waals surface area contributed by atoms with Gasteiger partial charge in [0, 0.05) is 9.64 Å². The van der Waals surface area contributed by atoms with Crippen molar-refractivity contribution in [1.29, 1.82) is 0 Å². The number of aromatic nitrogens is 3. The van der Waals surface area contributed by atoms with Crippen molar-refractivity contribution < 1.29 is 9.14 Å². The van der Waals surface area contributed by atoms with E-state index in [1.165, 1.54) is 3.57 Å². The van der Waals surface area contributed by atoms with Crippen LogP contribution in [0.25, 0.3) is 5.78 Å². The maximum Gasteiger partial charge on any atom is 0.401 e. The molecule has 0 aliphatic carbocycles. The number of H-pyrrole nitrogens is 1. The van der Waals surface area contributed by atoms with Crippen molar-refractivity contribution in [2.24, 2.45) is 0 Å². The Bertz CT molecular complexity index is 630. The highest BCUT2D eigenvalue weighted by atomic mass is 127. The molecule has 0 fully saturated rings. The summed E-state index contributed by atoms with van der Waals surface area (Å²) < 4.78 is 8.84. The van der Waals surface area contributed by atoms with Gasteiger partial charge in [-0.3, -0.25) is 0 Å². The fourth-order valence-electron chi connectivity index (χ4n) is 1.69. The van der Waals surface area contributed by atoms with Gasteiger partial charge in [-0.25, -0.2) is 9.38 Å². The number of rotatable bonds is 3. The van der Waals surface area contributed by atoms with E-state index >= 15 is 0 Å². The summed E-state index contributed by atoms with van der Waals surface area (Å²) in [6.07, 6.45) is 5.69. The molecule has 0 spiro atoms. The first-order valence-electron chi connectivity index (χ1n) is 5.53. The molecule has 0 saturated carbocycles. The van der Waals surface area contributed by atoms with Crippen LogP contribution < -0.4 is 9.14 Å². The summed E-state index contributed by atoms with van der Waals surface area (Å²) in [5, 5.41) is 0. The van der Waals surface area contributed by atoms with Crippen molar-refractivity contribution in [3.63, 3.8) is 0 Å². The molecule has 0 unspecified atom stereocenters. The summed E-state index contributed by atoms with van der Waals surface area (Å²) in [6.45, 7) is 0.504. The lowest BCUT2D eigenvalue weighted by Gasteiger charge is -2.02. The molecule has 0 bridgehead atoms. The summed E-state index contributed by atoms with van der Waals surface area (Å²) in [5.41, 5.74) is 0.993. The van der Waals surface area contributed by atoms with Crippen LogP contribution in [0.1, 0.15) is 5.69 Å². The van der Waals surface area contributed by atoms with Gasteiger partial charge in [0.25, 0.3) is 0 Å². The minimum Gasteiger partial charge on any atom is -0.486 e. The number of fused-ring (bicyclic) bond motifs is 1. The van der Waals surface area contributed by atoms with Gasteiger partial charge in [0.2, 0.25) is 0 Å². The standard InChI is InChI=1S/C13H10IN3O/c14-10-2-4-12(5-3-10)18-9-11-8-17-7-1-6-15-13(17)16-11/h1-8H,9H2/p+1. The van der Waals surface area contributed by atoms with Gasteiger partial charge in [-0.05, 0) is 46.9 Å². The third kappa shape index (κ3) is 2.45. The summed E-state index contributed by atoms with van der Waals surface area (Å²) in [6, 6.07) is 9.88. The zero-order valence-electron chi connectivity index (χ0n) is 9.51. The van der Waals surface area contributed by atoms with Gasteiger partial charge >= 0.3 is 5.78 Å². The van der Waals surface area contributed by atoms with Gasteiger partial charge in [0.1, 0.15) is 30.4 Å². The molecule has 18 heavy (non-hydrogen) atoms. The van der Waals surface area contributed by atoms with E-state index < -0.39 is 0 Å². The average Bonchev–Trinajstić information content (AvgIpc) is 2.81. The normalized spacial score (nSPS) is 10.7. The third-order valence-electron chi connectivity index (χ3n) is 2.55. The van der Waals surface area contributed by atoms with E-state index in [1.807, 2.05) is 47.1 Å². The largest absolute Gasteiger partial charge is 0.486 e. The Labute approximate surface area is 118 Å². The smallest absolute Gasteiger partial charge is 0.401 e. The number of benzene rings is 1. The minimum absolute atomic E-state index is 0.504. The molecule has 1 N–H and O–H groups in total. The van der Waals surface area contributed by atoms with Gasteiger partial charge in [0.15, 0.2) is 0 Å². The third-order valence-corrected chi connectivity index (χ3v) is 3.27. The predicted molar refractivity (Wildman–Crippen MR) is 75.2 cm³/mol. The second-order valence-corrected chi connectivity index (χ2v) is 5.12. The number of hydrogen-bond donors (Lipinski definition) is 1. The highest BCUT2D eigenvalue weighted by molar-refractivity contribution is 14.1. The van der Waals surface area contributed by atoms with E-state index in [0.29, 0.717) is 6.61 Å². The number of aromatic amines is 1. The van der Waals surface area contributed by atoms with Crippen LogP contribution >= 0.6 is 22.6 Å². The van der Waals surface area contributed by atoms with Crippen molar-refractivity contribution in [2.75, 3.05) is 0 Å². The predicted octanol–water partition coefficient (Wildman–Crippen LogP) is 2.33. The Morgan fingerprint density at radius 3 is 2.89 bits per heavy atom. The van der Waals surface area contributed by atoms with Crippen LogP contribution in [0, 0.1) is 3.57 Å². The number of halogens is 1. The lowest BCUT2D eigenvalue weighted by atomic mass is 10.3. The number of nitrogens with zero attached hydrogens (tertiary/aromatic N) is 2. The van der Waals surface area contributed by atoms with Gasteiger partial charge in [-0.1, -0.05) is 4.98 Å². The number of ether oxygens (including phenoxy) is 1. The topological polar surface area (TPSA) is 42.0 Å². The van der Waals surface area contributed by atoms with Crippen LogP contribution in [0.3, 0.4) is 0 Å². The minimum atomic E-state index is 0.504. The molecule has 4 nitrogen and oxygen atoms in total. The molecule has 0 aliphatic rings. The van der Waals surface area contributed by atoms with Crippen LogP contribution in [-0.2, 0) is 6.61 Å². The molecular formula is C13H11IN3O+. The van der Waals surface area contributed by atoms with E-state index in [4.69, 9.17) is 4.74 Å². The first-order chi connectivity index (χ1) is 8.81. The Kier molecular flexibility index (Phi) is 3.14.